The number of halogens is 9. The van der Waals surface area contributed by atoms with Gasteiger partial charge in [0.2, 0.25) is 0 Å². The standard InChI is InChI=1S/C18H11BrClF3N8O2S.C18H12ClF3N8O2S.CH4/c1-6(28-16(33)12-11-13(19)30-31-14(11)27-5-26-12)17-25-4-9(34-17)15(32)29-10-2-7(18(21,22)23)8(20)3-24-10;1-7(28-16(32)13-8-3-27-30-14(8)26-6-25-13)17-24-5-11(33-17)15(31)29-12-2-9(18(20,21)22)10(19)4-23-12;/h2-6H,1H3,(H,28,33)(H,24,29,32)(H,26,27,30,31);2-7H,1H3,(H,28,32)(H,23,29,31)(H,25,26,27,30);1H4/t6-;7-;/m11./s1. The van der Waals surface area contributed by atoms with Crippen LogP contribution in [0.2, 0.25) is 10.0 Å². The molecule has 31 heteroatoms. The minimum atomic E-state index is -4.70. The summed E-state index contributed by atoms with van der Waals surface area (Å²) in [5, 5.41) is 23.5. The molecule has 0 aliphatic rings. The third kappa shape index (κ3) is 11.5. The molecule has 2 atom stereocenters. The van der Waals surface area contributed by atoms with Crippen molar-refractivity contribution < 1.29 is 45.5 Å². The molecule has 0 bridgehead atoms. The predicted octanol–water partition coefficient (Wildman–Crippen LogP) is 8.64. The van der Waals surface area contributed by atoms with Gasteiger partial charge in [-0.15, -0.1) is 22.7 Å². The molecule has 0 saturated heterocycles. The Balaban J connectivity index is 0.000000221. The van der Waals surface area contributed by atoms with E-state index in [2.05, 4.69) is 97.5 Å². The van der Waals surface area contributed by atoms with E-state index in [1.165, 1.54) is 31.2 Å². The molecule has 68 heavy (non-hydrogen) atoms. The summed E-state index contributed by atoms with van der Waals surface area (Å²) in [6, 6.07) is 0.0804. The fraction of sp³-hybridized carbons (Fsp3) is 0.189. The second-order valence-electron chi connectivity index (χ2n) is 13.3. The number of nitrogens with one attached hydrogen (secondary N) is 6. The maximum absolute atomic E-state index is 13.0. The van der Waals surface area contributed by atoms with Crippen molar-refractivity contribution in [2.24, 2.45) is 0 Å². The van der Waals surface area contributed by atoms with Crippen LogP contribution in [0.5, 0.6) is 0 Å². The van der Waals surface area contributed by atoms with E-state index in [1.54, 1.807) is 13.8 Å². The van der Waals surface area contributed by atoms with E-state index in [4.69, 9.17) is 23.2 Å². The van der Waals surface area contributed by atoms with Gasteiger partial charge in [0, 0.05) is 12.4 Å². The maximum atomic E-state index is 13.0. The minimum Gasteiger partial charge on any atom is -0.342 e. The number of carbonyl (C=O) groups excluding carboxylic acids is 4. The van der Waals surface area contributed by atoms with Crippen molar-refractivity contribution in [3.05, 3.63) is 113 Å². The molecule has 0 radical (unpaired) electrons. The number of hydrogen-bond donors (Lipinski definition) is 6. The zero-order valence-electron chi connectivity index (χ0n) is 33.2. The quantitative estimate of drug-likeness (QED) is 0.0700. The number of alkyl halides is 6. The van der Waals surface area contributed by atoms with Crippen molar-refractivity contribution in [3.63, 3.8) is 0 Å². The summed E-state index contributed by atoms with van der Waals surface area (Å²) < 4.78 is 78.5. The largest absolute Gasteiger partial charge is 0.418 e. The van der Waals surface area contributed by atoms with Gasteiger partial charge in [0.1, 0.15) is 60.1 Å². The highest BCUT2D eigenvalue weighted by atomic mass is 79.9. The smallest absolute Gasteiger partial charge is 0.342 e. The maximum Gasteiger partial charge on any atom is 0.418 e. The molecule has 6 N–H and O–H groups in total. The number of anilines is 2. The number of amides is 4. The van der Waals surface area contributed by atoms with Crippen LogP contribution in [0.4, 0.5) is 38.0 Å². The van der Waals surface area contributed by atoms with E-state index in [9.17, 15) is 45.5 Å². The molecule has 0 aromatic carbocycles. The number of hydrogen-bond acceptors (Lipinski definition) is 16. The van der Waals surface area contributed by atoms with Gasteiger partial charge < -0.3 is 21.3 Å². The van der Waals surface area contributed by atoms with Crippen LogP contribution >= 0.6 is 61.8 Å². The number of nitrogens with zero attached hydrogens (tertiary/aromatic N) is 10. The first-order valence-corrected chi connectivity index (χ1v) is 21.5. The predicted molar refractivity (Wildman–Crippen MR) is 238 cm³/mol. The van der Waals surface area contributed by atoms with Crippen LogP contribution in [-0.4, -0.2) is 83.9 Å². The van der Waals surface area contributed by atoms with Crippen molar-refractivity contribution in [2.45, 2.75) is 45.7 Å². The lowest BCUT2D eigenvalue weighted by molar-refractivity contribution is -0.138. The summed E-state index contributed by atoms with van der Waals surface area (Å²) in [5.41, 5.74) is -1.33. The first-order valence-electron chi connectivity index (χ1n) is 18.3. The highest BCUT2D eigenvalue weighted by Crippen LogP contribution is 2.37. The first-order chi connectivity index (χ1) is 31.7. The summed E-state index contributed by atoms with van der Waals surface area (Å²) in [6.07, 6.45) is -1.45. The summed E-state index contributed by atoms with van der Waals surface area (Å²) in [4.78, 5) is 82.0. The number of aromatic nitrogens is 12. The van der Waals surface area contributed by atoms with Crippen molar-refractivity contribution in [1.29, 1.82) is 0 Å². The zero-order valence-corrected chi connectivity index (χ0v) is 37.9. The van der Waals surface area contributed by atoms with Crippen molar-refractivity contribution >= 4 is 119 Å². The molecule has 8 aromatic rings. The number of thiazole rings is 2. The monoisotopic (exact) mass is 1090 g/mol. The molecule has 20 nitrogen and oxygen atoms in total. The molecule has 0 saturated carbocycles. The minimum absolute atomic E-state index is 0. The number of rotatable bonds is 10. The molecule has 0 aliphatic carbocycles. The Morgan fingerprint density at radius 2 is 1.13 bits per heavy atom. The zero-order chi connectivity index (χ0) is 48.4. The number of fused-ring (bicyclic) bond motifs is 2. The highest BCUT2D eigenvalue weighted by Gasteiger charge is 2.35. The van der Waals surface area contributed by atoms with Gasteiger partial charge in [0.05, 0.1) is 62.6 Å². The molecule has 354 valence electrons. The van der Waals surface area contributed by atoms with Crippen LogP contribution in [0.1, 0.15) is 94.8 Å². The summed E-state index contributed by atoms with van der Waals surface area (Å²) in [6.45, 7) is 3.31. The van der Waals surface area contributed by atoms with Gasteiger partial charge in [-0.3, -0.25) is 29.4 Å². The Morgan fingerprint density at radius 3 is 1.65 bits per heavy atom. The summed E-state index contributed by atoms with van der Waals surface area (Å²) >= 11 is 16.2. The lowest BCUT2D eigenvalue weighted by Crippen LogP contribution is -2.27. The van der Waals surface area contributed by atoms with Crippen LogP contribution in [0.15, 0.2) is 60.4 Å². The van der Waals surface area contributed by atoms with Gasteiger partial charge >= 0.3 is 12.4 Å². The molecular formula is C37H27BrCl2F6N16O4S2. The lowest BCUT2D eigenvalue weighted by atomic mass is 10.2. The van der Waals surface area contributed by atoms with Gasteiger partial charge in [0.15, 0.2) is 11.3 Å². The van der Waals surface area contributed by atoms with Crippen molar-refractivity contribution in [1.82, 2.24) is 70.9 Å². The summed E-state index contributed by atoms with van der Waals surface area (Å²) in [5.74, 6) is -3.09. The second kappa shape index (κ2) is 20.6. The average Bonchev–Trinajstić information content (AvgIpc) is 4.12. The van der Waals surface area contributed by atoms with Crippen molar-refractivity contribution in [2.75, 3.05) is 10.6 Å². The fourth-order valence-electron chi connectivity index (χ4n) is 5.58. The first kappa shape index (κ1) is 50.6. The molecule has 8 rings (SSSR count). The molecule has 8 aromatic heterocycles. The Labute approximate surface area is 402 Å². The van der Waals surface area contributed by atoms with E-state index in [1.807, 2.05) is 0 Å². The van der Waals surface area contributed by atoms with E-state index in [0.29, 0.717) is 48.8 Å². The van der Waals surface area contributed by atoms with Crippen LogP contribution in [0.3, 0.4) is 0 Å². The van der Waals surface area contributed by atoms with Gasteiger partial charge in [-0.2, -0.15) is 36.5 Å². The SMILES string of the molecule is C.C[C@@H](NC(=O)c1ncnc2[nH]ncc12)c1ncc(C(=O)Nc2cc(C(F)(F)F)c(Cl)cn2)s1.C[C@@H](NC(=O)c1ncnc2n[nH]c(Br)c12)c1ncc(C(=O)Nc2cc(C(F)(F)F)c(Cl)cn2)s1. The molecule has 4 amide bonds. The normalized spacial score (nSPS) is 12.3. The molecule has 0 spiro atoms. The van der Waals surface area contributed by atoms with Gasteiger partial charge in [-0.1, -0.05) is 30.6 Å². The van der Waals surface area contributed by atoms with E-state index >= 15 is 0 Å². The Morgan fingerprint density at radius 1 is 0.647 bits per heavy atom. The topological polar surface area (TPSA) is 277 Å². The molecule has 8 heterocycles. The van der Waals surface area contributed by atoms with E-state index in [0.717, 1.165) is 35.1 Å². The third-order valence-corrected chi connectivity index (χ3v) is 12.3. The molecule has 0 aliphatic heterocycles. The number of H-pyrrole nitrogens is 2. The summed E-state index contributed by atoms with van der Waals surface area (Å²) in [7, 11) is 0. The third-order valence-electron chi connectivity index (χ3n) is 8.72. The molecular weight excluding hydrogens is 1060 g/mol. The van der Waals surface area contributed by atoms with Gasteiger partial charge in [-0.05, 0) is 41.9 Å². The molecule has 0 fully saturated rings. The lowest BCUT2D eigenvalue weighted by Gasteiger charge is -2.11. The van der Waals surface area contributed by atoms with Crippen LogP contribution in [-0.2, 0) is 12.4 Å². The average molecular weight is 1090 g/mol. The van der Waals surface area contributed by atoms with Crippen LogP contribution in [0, 0.1) is 0 Å². The second-order valence-corrected chi connectivity index (χ2v) is 17.1. The van der Waals surface area contributed by atoms with E-state index < -0.39 is 69.2 Å². The highest BCUT2D eigenvalue weighted by molar-refractivity contribution is 9.10. The van der Waals surface area contributed by atoms with Crippen LogP contribution < -0.4 is 21.3 Å². The molecule has 0 unspecified atom stereocenters. The fourth-order valence-corrected chi connectivity index (χ4v) is 8.09. The Bertz CT molecular complexity index is 3180. The number of aromatic amines is 2. The number of carbonyl (C=O) groups is 4. The van der Waals surface area contributed by atoms with Gasteiger partial charge in [-0.25, -0.2) is 39.9 Å². The van der Waals surface area contributed by atoms with Gasteiger partial charge in [0.25, 0.3) is 23.6 Å². The van der Waals surface area contributed by atoms with Crippen LogP contribution in [0.25, 0.3) is 22.1 Å². The Kier molecular flexibility index (Phi) is 15.3. The number of pyridine rings is 2. The van der Waals surface area contributed by atoms with Crippen molar-refractivity contribution in [3.8, 4) is 0 Å². The van der Waals surface area contributed by atoms with E-state index in [-0.39, 0.29) is 40.2 Å². The Hall–Kier alpha value is -6.82.